The average molecular weight is 354 g/mol. The molecule has 2 atom stereocenters. The molecule has 3 rings (SSSR count). The smallest absolute Gasteiger partial charge is 0.253 e. The molecular formula is C16H20ClN3O2S. The van der Waals surface area contributed by atoms with Gasteiger partial charge >= 0.3 is 0 Å². The molecule has 3 N–H and O–H groups in total. The van der Waals surface area contributed by atoms with Crippen LogP contribution in [0.1, 0.15) is 17.8 Å². The summed E-state index contributed by atoms with van der Waals surface area (Å²) in [6.07, 6.45) is 1.16. The summed E-state index contributed by atoms with van der Waals surface area (Å²) < 4.78 is 5.62. The summed E-state index contributed by atoms with van der Waals surface area (Å²) in [6, 6.07) is 7.70. The van der Waals surface area contributed by atoms with E-state index in [2.05, 4.69) is 10.3 Å². The Morgan fingerprint density at radius 3 is 2.96 bits per heavy atom. The number of thiazole rings is 1. The third kappa shape index (κ3) is 4.29. The van der Waals surface area contributed by atoms with E-state index in [-0.39, 0.29) is 24.4 Å². The van der Waals surface area contributed by atoms with Gasteiger partial charge in [0, 0.05) is 23.2 Å². The van der Waals surface area contributed by atoms with E-state index in [1.807, 2.05) is 36.6 Å². The van der Waals surface area contributed by atoms with Crippen LogP contribution in [0, 0.1) is 6.92 Å². The Balaban J connectivity index is 0.00000192. The highest BCUT2D eigenvalue weighted by Crippen LogP contribution is 2.25. The van der Waals surface area contributed by atoms with E-state index in [0.717, 1.165) is 34.8 Å². The summed E-state index contributed by atoms with van der Waals surface area (Å²) >= 11 is 1.61. The second-order valence-electron chi connectivity index (χ2n) is 5.38. The lowest BCUT2D eigenvalue weighted by molar-refractivity contribution is -0.126. The maximum atomic E-state index is 12.2. The fraction of sp³-hybridized carbons (Fsp3) is 0.375. The summed E-state index contributed by atoms with van der Waals surface area (Å²) in [6.45, 7) is 2.44. The Morgan fingerprint density at radius 1 is 1.48 bits per heavy atom. The third-order valence-corrected chi connectivity index (χ3v) is 4.48. The number of aryl methyl sites for hydroxylation is 1. The van der Waals surface area contributed by atoms with Gasteiger partial charge in [0.25, 0.3) is 5.91 Å². The van der Waals surface area contributed by atoms with E-state index in [1.165, 1.54) is 0 Å². The van der Waals surface area contributed by atoms with Gasteiger partial charge in [0.15, 0.2) is 0 Å². The summed E-state index contributed by atoms with van der Waals surface area (Å²) in [4.78, 5) is 16.7. The minimum absolute atomic E-state index is 0. The lowest BCUT2D eigenvalue weighted by Crippen LogP contribution is -2.29. The first-order valence-corrected chi connectivity index (χ1v) is 8.22. The molecular weight excluding hydrogens is 334 g/mol. The molecule has 1 saturated heterocycles. The van der Waals surface area contributed by atoms with Gasteiger partial charge in [-0.05, 0) is 31.9 Å². The minimum atomic E-state index is -0.404. The number of nitrogens with two attached hydrogens (primary N) is 1. The summed E-state index contributed by atoms with van der Waals surface area (Å²) in [5.74, 6) is -0.109. The Morgan fingerprint density at radius 2 is 2.30 bits per heavy atom. The van der Waals surface area contributed by atoms with Crippen LogP contribution in [0.3, 0.4) is 0 Å². The van der Waals surface area contributed by atoms with Crippen LogP contribution in [-0.4, -0.2) is 29.6 Å². The van der Waals surface area contributed by atoms with Crippen LogP contribution in [0.25, 0.3) is 11.3 Å². The van der Waals surface area contributed by atoms with Crippen LogP contribution in [0.15, 0.2) is 29.6 Å². The zero-order valence-corrected chi connectivity index (χ0v) is 14.5. The number of hydrogen-bond acceptors (Lipinski definition) is 5. The maximum Gasteiger partial charge on any atom is 0.253 e. The number of amides is 1. The number of rotatable bonds is 4. The first-order valence-electron chi connectivity index (χ1n) is 7.34. The van der Waals surface area contributed by atoms with E-state index in [9.17, 15) is 4.79 Å². The molecule has 1 aromatic heterocycles. The number of benzene rings is 1. The zero-order chi connectivity index (χ0) is 15.5. The molecule has 7 heteroatoms. The Labute approximate surface area is 145 Å². The number of nitrogens with zero attached hydrogens (tertiary/aromatic N) is 1. The molecule has 1 fully saturated rings. The summed E-state index contributed by atoms with van der Waals surface area (Å²) in [5, 5.41) is 5.96. The van der Waals surface area contributed by atoms with Gasteiger partial charge in [-0.2, -0.15) is 0 Å². The van der Waals surface area contributed by atoms with Crippen LogP contribution in [0.4, 0.5) is 5.69 Å². The predicted molar refractivity (Wildman–Crippen MR) is 95.1 cm³/mol. The van der Waals surface area contributed by atoms with Crippen molar-refractivity contribution < 1.29 is 9.53 Å². The number of hydrogen-bond donors (Lipinski definition) is 2. The van der Waals surface area contributed by atoms with Crippen LogP contribution in [0.5, 0.6) is 0 Å². The number of aromatic nitrogens is 1. The van der Waals surface area contributed by atoms with Crippen molar-refractivity contribution in [2.45, 2.75) is 32.0 Å². The molecule has 0 unspecified atom stereocenters. The van der Waals surface area contributed by atoms with Crippen LogP contribution < -0.4 is 11.1 Å². The van der Waals surface area contributed by atoms with E-state index >= 15 is 0 Å². The highest BCUT2D eigenvalue weighted by molar-refractivity contribution is 7.09. The molecule has 5 nitrogen and oxygen atoms in total. The van der Waals surface area contributed by atoms with Crippen LogP contribution >= 0.6 is 23.7 Å². The highest BCUT2D eigenvalue weighted by atomic mass is 35.5. The number of anilines is 1. The molecule has 124 valence electrons. The predicted octanol–water partition coefficient (Wildman–Crippen LogP) is 2.99. The van der Waals surface area contributed by atoms with Crippen molar-refractivity contribution in [2.24, 2.45) is 5.73 Å². The summed E-state index contributed by atoms with van der Waals surface area (Å²) in [7, 11) is 0. The Bertz CT molecular complexity index is 677. The average Bonchev–Trinajstić information content (AvgIpc) is 3.16. The molecule has 1 amide bonds. The standard InChI is InChI=1S/C16H19N3O2S.ClH/c1-10-18-14(9-22-10)11-3-2-4-12(7-11)19-16(20)15-6-5-13(8-17)21-15;/h2-4,7,9,13,15H,5-6,8,17H2,1H3,(H,19,20);1H/t13-,15+;/m1./s1. The second kappa shape index (κ2) is 7.88. The van der Waals surface area contributed by atoms with Gasteiger partial charge in [0.2, 0.25) is 0 Å². The van der Waals surface area contributed by atoms with Crippen molar-refractivity contribution >= 4 is 35.3 Å². The third-order valence-electron chi connectivity index (χ3n) is 3.71. The van der Waals surface area contributed by atoms with Gasteiger partial charge in [-0.3, -0.25) is 4.79 Å². The number of carbonyl (C=O) groups excluding carboxylic acids is 1. The topological polar surface area (TPSA) is 77.2 Å². The number of halogens is 1. The normalized spacial score (nSPS) is 20.1. The number of nitrogens with one attached hydrogen (secondary N) is 1. The van der Waals surface area contributed by atoms with Crippen LogP contribution in [-0.2, 0) is 9.53 Å². The van der Waals surface area contributed by atoms with Crippen molar-refractivity contribution in [1.29, 1.82) is 0 Å². The first-order chi connectivity index (χ1) is 10.7. The fourth-order valence-corrected chi connectivity index (χ4v) is 3.17. The lowest BCUT2D eigenvalue weighted by atomic mass is 10.1. The molecule has 1 aliphatic rings. The molecule has 23 heavy (non-hydrogen) atoms. The quantitative estimate of drug-likeness (QED) is 0.885. The molecule has 0 aliphatic carbocycles. The second-order valence-corrected chi connectivity index (χ2v) is 6.44. The molecule has 0 spiro atoms. The van der Waals surface area contributed by atoms with Crippen molar-refractivity contribution in [3.8, 4) is 11.3 Å². The SMILES string of the molecule is Cc1nc(-c2cccc(NC(=O)[C@@H]3CC[C@H](CN)O3)c2)cs1.Cl. The van der Waals surface area contributed by atoms with Crippen LogP contribution in [0.2, 0.25) is 0 Å². The van der Waals surface area contributed by atoms with Crippen molar-refractivity contribution in [3.63, 3.8) is 0 Å². The minimum Gasteiger partial charge on any atom is -0.364 e. The summed E-state index contributed by atoms with van der Waals surface area (Å²) in [5.41, 5.74) is 8.25. The fourth-order valence-electron chi connectivity index (χ4n) is 2.55. The monoisotopic (exact) mass is 353 g/mol. The molecule has 0 bridgehead atoms. The van der Waals surface area contributed by atoms with Crippen molar-refractivity contribution in [1.82, 2.24) is 4.98 Å². The molecule has 0 radical (unpaired) electrons. The number of carbonyl (C=O) groups is 1. The molecule has 1 aromatic carbocycles. The van der Waals surface area contributed by atoms with Crippen molar-refractivity contribution in [2.75, 3.05) is 11.9 Å². The number of ether oxygens (including phenoxy) is 1. The first kappa shape index (κ1) is 17.9. The van der Waals surface area contributed by atoms with E-state index in [4.69, 9.17) is 10.5 Å². The maximum absolute atomic E-state index is 12.2. The Hall–Kier alpha value is -1.47. The highest BCUT2D eigenvalue weighted by Gasteiger charge is 2.29. The van der Waals surface area contributed by atoms with E-state index in [1.54, 1.807) is 11.3 Å². The lowest BCUT2D eigenvalue weighted by Gasteiger charge is -2.13. The Kier molecular flexibility index (Phi) is 6.12. The van der Waals surface area contributed by atoms with Gasteiger partial charge in [0.1, 0.15) is 6.10 Å². The molecule has 0 saturated carbocycles. The van der Waals surface area contributed by atoms with E-state index < -0.39 is 6.10 Å². The van der Waals surface area contributed by atoms with Crippen molar-refractivity contribution in [3.05, 3.63) is 34.7 Å². The zero-order valence-electron chi connectivity index (χ0n) is 12.8. The molecule has 2 aromatic rings. The molecule has 1 aliphatic heterocycles. The van der Waals surface area contributed by atoms with Gasteiger partial charge in [-0.1, -0.05) is 12.1 Å². The van der Waals surface area contributed by atoms with Gasteiger partial charge in [-0.25, -0.2) is 4.98 Å². The van der Waals surface area contributed by atoms with Gasteiger partial charge in [-0.15, -0.1) is 23.7 Å². The van der Waals surface area contributed by atoms with E-state index in [0.29, 0.717) is 6.54 Å². The van der Waals surface area contributed by atoms with Gasteiger partial charge in [0.05, 0.1) is 16.8 Å². The van der Waals surface area contributed by atoms with Gasteiger partial charge < -0.3 is 15.8 Å². The molecule has 2 heterocycles. The largest absolute Gasteiger partial charge is 0.364 e.